The first kappa shape index (κ1) is 14.6. The first-order valence-electron chi connectivity index (χ1n) is 6.13. The number of nitrogens with two attached hydrogens (primary N) is 1. The van der Waals surface area contributed by atoms with E-state index in [1.54, 1.807) is 0 Å². The summed E-state index contributed by atoms with van der Waals surface area (Å²) in [5.41, 5.74) is 6.06. The van der Waals surface area contributed by atoms with Gasteiger partial charge in [0.1, 0.15) is 10.7 Å². The van der Waals surface area contributed by atoms with Crippen LogP contribution in [0.3, 0.4) is 0 Å². The third-order valence-corrected chi connectivity index (χ3v) is 6.16. The molecule has 2 aromatic rings. The summed E-state index contributed by atoms with van der Waals surface area (Å²) in [7, 11) is -3.95. The van der Waals surface area contributed by atoms with Crippen LogP contribution in [0.4, 0.5) is 15.2 Å². The topological polar surface area (TPSA) is 85.1 Å². The quantitative estimate of drug-likeness (QED) is 0.836. The Hall–Kier alpha value is -1.38. The maximum Gasteiger partial charge on any atom is 0.265 e. The minimum absolute atomic E-state index is 0.224. The average molecular weight is 348 g/mol. The Morgan fingerprint density at radius 3 is 2.86 bits per heavy atom. The molecule has 0 saturated heterocycles. The highest BCUT2D eigenvalue weighted by Crippen LogP contribution is 2.33. The zero-order valence-corrected chi connectivity index (χ0v) is 13.1. The van der Waals surface area contributed by atoms with Crippen LogP contribution in [-0.4, -0.2) is 13.4 Å². The largest absolute Gasteiger partial charge is 0.396 e. The lowest BCUT2D eigenvalue weighted by molar-refractivity contribution is 0.600. The fraction of sp³-hybridized carbons (Fsp3) is 0.250. The molecular weight excluding hydrogens is 337 g/mol. The van der Waals surface area contributed by atoms with Crippen molar-refractivity contribution >= 4 is 43.8 Å². The van der Waals surface area contributed by atoms with Crippen molar-refractivity contribution in [2.45, 2.75) is 24.2 Å². The molecule has 1 aromatic carbocycles. The van der Waals surface area contributed by atoms with Gasteiger partial charge in [0.25, 0.3) is 10.0 Å². The fourth-order valence-electron chi connectivity index (χ4n) is 2.15. The Balaban J connectivity index is 1.95. The highest BCUT2D eigenvalue weighted by molar-refractivity contribution is 7.93. The SMILES string of the molecule is Nc1cc(S(=O)(=O)Nc2nc3c(s2)CCC3)c(Cl)cc1F. The Morgan fingerprint density at radius 2 is 2.14 bits per heavy atom. The smallest absolute Gasteiger partial charge is 0.265 e. The molecule has 0 bridgehead atoms. The summed E-state index contributed by atoms with van der Waals surface area (Å²) in [6.45, 7) is 0. The molecule has 112 valence electrons. The number of nitrogens with one attached hydrogen (secondary N) is 1. The maximum absolute atomic E-state index is 13.2. The van der Waals surface area contributed by atoms with Crippen molar-refractivity contribution in [2.75, 3.05) is 10.5 Å². The first-order chi connectivity index (χ1) is 9.87. The van der Waals surface area contributed by atoms with Crippen LogP contribution >= 0.6 is 22.9 Å². The van der Waals surface area contributed by atoms with E-state index < -0.39 is 15.8 Å². The number of halogens is 2. The molecule has 3 rings (SSSR count). The molecule has 1 aliphatic carbocycles. The molecule has 1 heterocycles. The Labute approximate surface area is 130 Å². The van der Waals surface area contributed by atoms with Crippen molar-refractivity contribution in [3.8, 4) is 0 Å². The van der Waals surface area contributed by atoms with E-state index in [-0.39, 0.29) is 15.6 Å². The van der Waals surface area contributed by atoms with Gasteiger partial charge in [-0.1, -0.05) is 11.6 Å². The van der Waals surface area contributed by atoms with Crippen molar-refractivity contribution in [1.82, 2.24) is 4.98 Å². The van der Waals surface area contributed by atoms with Gasteiger partial charge in [0.05, 0.1) is 16.4 Å². The lowest BCUT2D eigenvalue weighted by atomic mass is 10.3. The molecule has 0 aliphatic heterocycles. The van der Waals surface area contributed by atoms with Crippen molar-refractivity contribution in [3.05, 3.63) is 33.5 Å². The van der Waals surface area contributed by atoms with Crippen LogP contribution in [0, 0.1) is 5.82 Å². The number of benzene rings is 1. The normalized spacial score (nSPS) is 14.2. The molecule has 1 aliphatic rings. The molecule has 5 nitrogen and oxygen atoms in total. The molecule has 0 saturated carbocycles. The average Bonchev–Trinajstić information content (AvgIpc) is 2.93. The fourth-order valence-corrected chi connectivity index (χ4v) is 4.99. The molecule has 0 fully saturated rings. The maximum atomic E-state index is 13.2. The molecule has 1 aromatic heterocycles. The van der Waals surface area contributed by atoms with E-state index in [0.717, 1.165) is 42.0 Å². The van der Waals surface area contributed by atoms with Crippen LogP contribution in [0.5, 0.6) is 0 Å². The van der Waals surface area contributed by atoms with Crippen molar-refractivity contribution in [2.24, 2.45) is 0 Å². The van der Waals surface area contributed by atoms with E-state index in [0.29, 0.717) is 5.13 Å². The molecule has 0 spiro atoms. The number of anilines is 2. The monoisotopic (exact) mass is 347 g/mol. The summed E-state index contributed by atoms with van der Waals surface area (Å²) in [6, 6.07) is 1.88. The van der Waals surface area contributed by atoms with Gasteiger partial charge in [-0.25, -0.2) is 17.8 Å². The third-order valence-electron chi connectivity index (χ3n) is 3.16. The van der Waals surface area contributed by atoms with Gasteiger partial charge in [-0.3, -0.25) is 4.72 Å². The second-order valence-corrected chi connectivity index (χ2v) is 7.79. The zero-order chi connectivity index (χ0) is 15.2. The molecule has 0 unspecified atom stereocenters. The summed E-state index contributed by atoms with van der Waals surface area (Å²) in [6.07, 6.45) is 2.82. The number of aromatic nitrogens is 1. The number of rotatable bonds is 3. The lowest BCUT2D eigenvalue weighted by Gasteiger charge is -2.08. The van der Waals surface area contributed by atoms with Crippen molar-refractivity contribution in [3.63, 3.8) is 0 Å². The predicted molar refractivity (Wildman–Crippen MR) is 80.8 cm³/mol. The number of nitrogen functional groups attached to an aromatic ring is 1. The number of thiazole rings is 1. The van der Waals surface area contributed by atoms with Crippen LogP contribution in [-0.2, 0) is 22.9 Å². The zero-order valence-electron chi connectivity index (χ0n) is 10.7. The molecule has 0 radical (unpaired) electrons. The number of aryl methyl sites for hydroxylation is 2. The summed E-state index contributed by atoms with van der Waals surface area (Å²) < 4.78 is 40.2. The summed E-state index contributed by atoms with van der Waals surface area (Å²) in [5.74, 6) is -0.757. The van der Waals surface area contributed by atoms with E-state index in [1.165, 1.54) is 11.3 Å². The number of fused-ring (bicyclic) bond motifs is 1. The van der Waals surface area contributed by atoms with E-state index in [2.05, 4.69) is 9.71 Å². The van der Waals surface area contributed by atoms with Crippen LogP contribution in [0.25, 0.3) is 0 Å². The lowest BCUT2D eigenvalue weighted by Crippen LogP contribution is -2.14. The summed E-state index contributed by atoms with van der Waals surface area (Å²) in [4.78, 5) is 5.08. The third kappa shape index (κ3) is 2.70. The van der Waals surface area contributed by atoms with E-state index >= 15 is 0 Å². The minimum atomic E-state index is -3.95. The number of hydrogen-bond acceptors (Lipinski definition) is 5. The van der Waals surface area contributed by atoms with Crippen LogP contribution < -0.4 is 10.5 Å². The van der Waals surface area contributed by atoms with Gasteiger partial charge < -0.3 is 5.73 Å². The van der Waals surface area contributed by atoms with Crippen molar-refractivity contribution in [1.29, 1.82) is 0 Å². The van der Waals surface area contributed by atoms with Crippen LogP contribution in [0.2, 0.25) is 5.02 Å². The Kier molecular flexibility index (Phi) is 3.54. The molecule has 9 heteroatoms. The Bertz CT molecular complexity index is 799. The van der Waals surface area contributed by atoms with E-state index in [4.69, 9.17) is 17.3 Å². The van der Waals surface area contributed by atoms with Crippen LogP contribution in [0.15, 0.2) is 17.0 Å². The number of sulfonamides is 1. The first-order valence-corrected chi connectivity index (χ1v) is 8.80. The van der Waals surface area contributed by atoms with Crippen molar-refractivity contribution < 1.29 is 12.8 Å². The van der Waals surface area contributed by atoms with Gasteiger partial charge >= 0.3 is 0 Å². The standard InChI is InChI=1S/C12H11ClFN3O2S2/c13-6-4-7(14)8(15)5-11(6)21(18,19)17-12-16-9-2-1-3-10(9)20-12/h4-5H,1-3,15H2,(H,16,17). The van der Waals surface area contributed by atoms with Gasteiger partial charge in [0.15, 0.2) is 5.13 Å². The molecule has 3 N–H and O–H groups in total. The summed E-state index contributed by atoms with van der Waals surface area (Å²) >= 11 is 7.10. The second-order valence-electron chi connectivity index (χ2n) is 4.65. The van der Waals surface area contributed by atoms with E-state index in [9.17, 15) is 12.8 Å². The molecule has 0 atom stereocenters. The van der Waals surface area contributed by atoms with Gasteiger partial charge in [-0.05, 0) is 31.4 Å². The van der Waals surface area contributed by atoms with Gasteiger partial charge in [0, 0.05) is 4.88 Å². The second kappa shape index (κ2) is 5.11. The number of nitrogens with zero attached hydrogens (tertiary/aromatic N) is 1. The van der Waals surface area contributed by atoms with E-state index in [1.807, 2.05) is 0 Å². The molecule has 0 amide bonds. The number of hydrogen-bond donors (Lipinski definition) is 2. The Morgan fingerprint density at radius 1 is 1.38 bits per heavy atom. The molecule has 21 heavy (non-hydrogen) atoms. The highest BCUT2D eigenvalue weighted by Gasteiger charge is 2.24. The minimum Gasteiger partial charge on any atom is -0.396 e. The van der Waals surface area contributed by atoms with Gasteiger partial charge in [0.2, 0.25) is 0 Å². The van der Waals surface area contributed by atoms with Gasteiger partial charge in [-0.15, -0.1) is 11.3 Å². The highest BCUT2D eigenvalue weighted by atomic mass is 35.5. The summed E-state index contributed by atoms with van der Waals surface area (Å²) in [5, 5.41) is 0.0666. The molecular formula is C12H11ClFN3O2S2. The van der Waals surface area contributed by atoms with Crippen LogP contribution in [0.1, 0.15) is 17.0 Å². The predicted octanol–water partition coefficient (Wildman–Crippen LogP) is 2.81. The van der Waals surface area contributed by atoms with Gasteiger partial charge in [-0.2, -0.15) is 0 Å².